The Kier molecular flexibility index (Phi) is 12.0. The lowest BCUT2D eigenvalue weighted by Crippen LogP contribution is -2.37. The third-order valence-electron chi connectivity index (χ3n) is 3.62. The molecule has 1 rings (SSSR count). The van der Waals surface area contributed by atoms with Gasteiger partial charge in [-0.25, -0.2) is 9.36 Å². The summed E-state index contributed by atoms with van der Waals surface area (Å²) in [7, 11) is 1.46. The predicted octanol–water partition coefficient (Wildman–Crippen LogP) is 3.74. The Hall–Kier alpha value is -0.0800. The fourth-order valence-corrected chi connectivity index (χ4v) is 4.62. The van der Waals surface area contributed by atoms with E-state index in [1.807, 2.05) is 39.3 Å². The second-order valence-electron chi connectivity index (χ2n) is 7.67. The van der Waals surface area contributed by atoms with Crippen molar-refractivity contribution in [3.8, 4) is 0 Å². The van der Waals surface area contributed by atoms with Crippen LogP contribution in [0.2, 0.25) is 0 Å². The van der Waals surface area contributed by atoms with E-state index in [1.165, 1.54) is 6.92 Å². The van der Waals surface area contributed by atoms with Gasteiger partial charge >= 0.3 is 13.8 Å². The average molecular weight is 668 g/mol. The van der Waals surface area contributed by atoms with Crippen molar-refractivity contribution in [2.24, 2.45) is 0 Å². The number of esters is 1. The van der Waals surface area contributed by atoms with Crippen LogP contribution in [0.25, 0.3) is 0 Å². The number of quaternary nitrogens is 1. The quantitative estimate of drug-likeness (QED) is 0.113. The molecule has 0 aliphatic carbocycles. The van der Waals surface area contributed by atoms with Gasteiger partial charge in [0.25, 0.3) is 0 Å². The summed E-state index contributed by atoms with van der Waals surface area (Å²) in [5.74, 6) is -0.616. The van der Waals surface area contributed by atoms with Crippen molar-refractivity contribution in [1.82, 2.24) is 0 Å². The lowest BCUT2D eigenvalue weighted by molar-refractivity contribution is -0.870. The van der Waals surface area contributed by atoms with E-state index in [4.69, 9.17) is 18.5 Å². The van der Waals surface area contributed by atoms with E-state index in [2.05, 4.69) is 51.8 Å². The van der Waals surface area contributed by atoms with Crippen molar-refractivity contribution in [1.29, 1.82) is 0 Å². The van der Waals surface area contributed by atoms with Gasteiger partial charge in [0.2, 0.25) is 0 Å². The Morgan fingerprint density at radius 1 is 1.27 bits per heavy atom. The molecule has 2 atom stereocenters. The molecule has 1 N–H and O–H groups in total. The molecule has 0 saturated heterocycles. The molecule has 0 saturated carbocycles. The van der Waals surface area contributed by atoms with Gasteiger partial charge in [0.05, 0.1) is 34.4 Å². The molecule has 8 nitrogen and oxygen atoms in total. The monoisotopic (exact) mass is 668 g/mol. The van der Waals surface area contributed by atoms with Gasteiger partial charge in [-0.15, -0.1) is 0 Å². The molecule has 0 spiro atoms. The molecule has 1 aromatic carbocycles. The highest BCUT2D eigenvalue weighted by Gasteiger charge is 2.29. The number of phosphoric ester groups is 1. The largest absolute Gasteiger partial charge is 0.472 e. The maximum atomic E-state index is 12.3. The minimum Gasteiger partial charge on any atom is -0.459 e. The van der Waals surface area contributed by atoms with Gasteiger partial charge in [0.15, 0.2) is 0 Å². The second-order valence-corrected chi connectivity index (χ2v) is 11.5. The summed E-state index contributed by atoms with van der Waals surface area (Å²) in [6.45, 7) is 5.53. The first-order chi connectivity index (χ1) is 13.8. The van der Waals surface area contributed by atoms with Crippen LogP contribution in [0.1, 0.15) is 12.5 Å². The minimum atomic E-state index is -4.35. The normalized spacial score (nSPS) is 14.8. The van der Waals surface area contributed by atoms with Gasteiger partial charge in [0.1, 0.15) is 25.9 Å². The van der Waals surface area contributed by atoms with Crippen LogP contribution >= 0.6 is 53.0 Å². The molecule has 30 heavy (non-hydrogen) atoms. The number of nitrogens with zero attached hydrogens (tertiary/aromatic N) is 1. The van der Waals surface area contributed by atoms with E-state index in [-0.39, 0.29) is 32.0 Å². The zero-order chi connectivity index (χ0) is 22.9. The molecule has 0 radical (unpaired) electrons. The summed E-state index contributed by atoms with van der Waals surface area (Å²) < 4.78 is 36.0. The van der Waals surface area contributed by atoms with Gasteiger partial charge in [-0.2, -0.15) is 0 Å². The molecule has 0 bridgehead atoms. The molecule has 11 heteroatoms. The van der Waals surface area contributed by atoms with E-state index in [0.29, 0.717) is 11.0 Å². The number of halogens is 2. The summed E-state index contributed by atoms with van der Waals surface area (Å²) in [4.78, 5) is 21.7. The van der Waals surface area contributed by atoms with E-state index in [1.54, 1.807) is 0 Å². The van der Waals surface area contributed by atoms with Crippen molar-refractivity contribution < 1.29 is 37.3 Å². The maximum absolute atomic E-state index is 12.3. The summed E-state index contributed by atoms with van der Waals surface area (Å²) in [5, 5.41) is 0. The number of hydrogen-bond donors (Lipinski definition) is 1. The molecule has 0 aliphatic heterocycles. The lowest BCUT2D eigenvalue weighted by Gasteiger charge is -2.25. The van der Waals surface area contributed by atoms with Crippen molar-refractivity contribution in [3.05, 3.63) is 43.1 Å². The zero-order valence-electron chi connectivity index (χ0n) is 17.6. The van der Waals surface area contributed by atoms with E-state index < -0.39 is 19.9 Å². The Morgan fingerprint density at radius 2 is 1.93 bits per heavy atom. The number of carbonyl (C=O) groups is 1. The molecular formula is C19H29I2NO7P+. The smallest absolute Gasteiger partial charge is 0.459 e. The van der Waals surface area contributed by atoms with Crippen LogP contribution in [0.3, 0.4) is 0 Å². The Bertz CT molecular complexity index is 783. The van der Waals surface area contributed by atoms with Crippen LogP contribution in [0.4, 0.5) is 0 Å². The van der Waals surface area contributed by atoms with Gasteiger partial charge < -0.3 is 18.9 Å². The lowest BCUT2D eigenvalue weighted by atomic mass is 10.2. The molecule has 0 aromatic heterocycles. The van der Waals surface area contributed by atoms with Crippen molar-refractivity contribution in [3.63, 3.8) is 0 Å². The van der Waals surface area contributed by atoms with Crippen molar-refractivity contribution in [2.75, 3.05) is 47.5 Å². The first-order valence-corrected chi connectivity index (χ1v) is 12.7. The SMILES string of the molecule is C=C(C)C(=O)OCC(COCc1ccc(I)cc1I)OP(=O)(O)OCC[N+](C)(C)C. The zero-order valence-corrected chi connectivity index (χ0v) is 22.8. The molecule has 1 aromatic rings. The highest BCUT2D eigenvalue weighted by atomic mass is 127. The van der Waals surface area contributed by atoms with Gasteiger partial charge in [-0.1, -0.05) is 12.6 Å². The number of ether oxygens (including phenoxy) is 2. The summed E-state index contributed by atoms with van der Waals surface area (Å²) in [6, 6.07) is 5.94. The molecule has 0 fully saturated rings. The first kappa shape index (κ1) is 28.0. The number of carbonyl (C=O) groups excluding carboxylic acids is 1. The molecule has 0 heterocycles. The van der Waals surface area contributed by atoms with Crippen LogP contribution in [-0.4, -0.2) is 69.0 Å². The molecule has 2 unspecified atom stereocenters. The maximum Gasteiger partial charge on any atom is 0.472 e. The average Bonchev–Trinajstić information content (AvgIpc) is 2.59. The van der Waals surface area contributed by atoms with Gasteiger partial charge in [0, 0.05) is 12.7 Å². The highest BCUT2D eigenvalue weighted by Crippen LogP contribution is 2.44. The summed E-state index contributed by atoms with van der Waals surface area (Å²) in [5.41, 5.74) is 1.19. The van der Waals surface area contributed by atoms with Crippen LogP contribution in [-0.2, 0) is 34.5 Å². The van der Waals surface area contributed by atoms with Crippen LogP contribution < -0.4 is 0 Å². The third kappa shape index (κ3) is 12.1. The Labute approximate surface area is 205 Å². The van der Waals surface area contributed by atoms with E-state index >= 15 is 0 Å². The first-order valence-electron chi connectivity index (χ1n) is 9.09. The minimum absolute atomic E-state index is 0.0389. The predicted molar refractivity (Wildman–Crippen MR) is 131 cm³/mol. The van der Waals surface area contributed by atoms with Crippen LogP contribution in [0, 0.1) is 7.14 Å². The van der Waals surface area contributed by atoms with E-state index in [9.17, 15) is 14.3 Å². The molecule has 0 aliphatic rings. The molecule has 170 valence electrons. The number of likely N-dealkylation sites (N-methyl/N-ethyl adjacent to an activating group) is 1. The van der Waals surface area contributed by atoms with E-state index in [0.717, 1.165) is 12.7 Å². The number of benzene rings is 1. The summed E-state index contributed by atoms with van der Waals surface area (Å²) in [6.07, 6.45) is -0.977. The highest BCUT2D eigenvalue weighted by molar-refractivity contribution is 14.1. The number of hydrogen-bond acceptors (Lipinski definition) is 6. The van der Waals surface area contributed by atoms with Crippen LogP contribution in [0.5, 0.6) is 0 Å². The fraction of sp³-hybridized carbons (Fsp3) is 0.526. The Morgan fingerprint density at radius 3 is 2.50 bits per heavy atom. The Balaban J connectivity index is 2.69. The standard InChI is InChI=1S/C19H28I2NO7P/c1-14(2)19(23)27-13-17(29-30(24,25)28-9-8-22(3,4)5)12-26-11-15-6-7-16(20)10-18(15)21/h6-7,10,17H,1,8-9,11-13H2,2-5H3/p+1. The molecule has 0 amide bonds. The van der Waals surface area contributed by atoms with Crippen molar-refractivity contribution in [2.45, 2.75) is 19.6 Å². The number of rotatable bonds is 13. The topological polar surface area (TPSA) is 91.3 Å². The van der Waals surface area contributed by atoms with Crippen LogP contribution in [0.15, 0.2) is 30.4 Å². The number of phosphoric acid groups is 1. The fourth-order valence-electron chi connectivity index (χ4n) is 1.99. The van der Waals surface area contributed by atoms with Gasteiger partial charge in [-0.3, -0.25) is 9.05 Å². The molecular weight excluding hydrogens is 639 g/mol. The van der Waals surface area contributed by atoms with Crippen molar-refractivity contribution >= 4 is 59.0 Å². The van der Waals surface area contributed by atoms with Gasteiger partial charge in [-0.05, 0) is 69.8 Å². The second kappa shape index (κ2) is 12.8. The third-order valence-corrected chi connectivity index (χ3v) is 6.37. The summed E-state index contributed by atoms with van der Waals surface area (Å²) >= 11 is 4.45.